The van der Waals surface area contributed by atoms with Crippen molar-refractivity contribution in [2.45, 2.75) is 102 Å². The van der Waals surface area contributed by atoms with Crippen molar-refractivity contribution >= 4 is 10.1 Å². The van der Waals surface area contributed by atoms with E-state index in [1.807, 2.05) is 0 Å². The summed E-state index contributed by atoms with van der Waals surface area (Å²) in [5.41, 5.74) is 0.220. The Balaban J connectivity index is 0.00000676. The zero-order valence-electron chi connectivity index (χ0n) is 17.2. The Hall–Kier alpha value is -0.0700. The summed E-state index contributed by atoms with van der Waals surface area (Å²) in [5, 5.41) is 11.9. The molecule has 0 radical (unpaired) electrons. The molecule has 6 heteroatoms. The van der Waals surface area contributed by atoms with Crippen LogP contribution in [0.4, 0.5) is 0 Å². The molecule has 0 bridgehead atoms. The molecule has 0 aliphatic carbocycles. The molecule has 0 aromatic heterocycles. The monoisotopic (exact) mass is 406 g/mol. The maximum absolute atomic E-state index is 11.9. The average molecular weight is 407 g/mol. The van der Waals surface area contributed by atoms with Gasteiger partial charge in [0.15, 0.2) is 0 Å². The van der Waals surface area contributed by atoms with Crippen molar-refractivity contribution in [1.29, 1.82) is 0 Å². The molecular formula is C21H35NaO4S. The first-order valence-electron chi connectivity index (χ1n) is 10.2. The topological polar surface area (TPSA) is 77.4 Å². The SMILES string of the molecule is CCCCCCCCCCCCCCCc1c([O-])cccc1S(=O)(=O)O.[Na+]. The first kappa shape index (κ1) is 26.9. The smallest absolute Gasteiger partial charge is 0.872 e. The van der Waals surface area contributed by atoms with Gasteiger partial charge in [0.1, 0.15) is 0 Å². The van der Waals surface area contributed by atoms with Crippen molar-refractivity contribution < 1.29 is 47.6 Å². The van der Waals surface area contributed by atoms with E-state index in [2.05, 4.69) is 6.92 Å². The van der Waals surface area contributed by atoms with Gasteiger partial charge in [0.05, 0.1) is 4.90 Å². The average Bonchev–Trinajstić information content (AvgIpc) is 2.59. The molecule has 0 saturated carbocycles. The van der Waals surface area contributed by atoms with E-state index in [1.54, 1.807) is 0 Å². The van der Waals surface area contributed by atoms with E-state index in [-0.39, 0.29) is 45.8 Å². The number of benzene rings is 1. The molecule has 27 heavy (non-hydrogen) atoms. The Bertz CT molecular complexity index is 602. The van der Waals surface area contributed by atoms with Gasteiger partial charge in [-0.1, -0.05) is 96.1 Å². The van der Waals surface area contributed by atoms with Crippen molar-refractivity contribution in [3.05, 3.63) is 23.8 Å². The fraction of sp³-hybridized carbons (Fsp3) is 0.714. The third kappa shape index (κ3) is 12.2. The van der Waals surface area contributed by atoms with Crippen molar-refractivity contribution in [3.63, 3.8) is 0 Å². The predicted octanol–water partition coefficient (Wildman–Crippen LogP) is 2.64. The van der Waals surface area contributed by atoms with Crippen LogP contribution < -0.4 is 34.7 Å². The molecule has 1 N–H and O–H groups in total. The van der Waals surface area contributed by atoms with Gasteiger partial charge in [-0.05, 0) is 24.5 Å². The van der Waals surface area contributed by atoms with Crippen LogP contribution in [0.2, 0.25) is 0 Å². The first-order valence-corrected chi connectivity index (χ1v) is 11.7. The molecule has 4 nitrogen and oxygen atoms in total. The van der Waals surface area contributed by atoms with E-state index in [0.717, 1.165) is 19.3 Å². The van der Waals surface area contributed by atoms with Gasteiger partial charge in [-0.25, -0.2) is 0 Å². The molecular weight excluding hydrogens is 371 g/mol. The van der Waals surface area contributed by atoms with Crippen LogP contribution in [0.5, 0.6) is 5.75 Å². The van der Waals surface area contributed by atoms with Crippen LogP contribution >= 0.6 is 0 Å². The van der Waals surface area contributed by atoms with Crippen LogP contribution in [0, 0.1) is 0 Å². The number of hydrogen-bond donors (Lipinski definition) is 1. The van der Waals surface area contributed by atoms with E-state index in [9.17, 15) is 18.1 Å². The number of unbranched alkanes of at least 4 members (excludes halogenated alkanes) is 12. The van der Waals surface area contributed by atoms with Gasteiger partial charge in [0.25, 0.3) is 10.1 Å². The molecule has 0 aliphatic rings. The number of rotatable bonds is 15. The fourth-order valence-corrected chi connectivity index (χ4v) is 4.12. The minimum Gasteiger partial charge on any atom is -0.872 e. The fourth-order valence-electron chi connectivity index (χ4n) is 3.35. The summed E-state index contributed by atoms with van der Waals surface area (Å²) in [7, 11) is -4.32. The Morgan fingerprint density at radius 2 is 1.26 bits per heavy atom. The van der Waals surface area contributed by atoms with Gasteiger partial charge in [-0.15, -0.1) is 5.75 Å². The van der Waals surface area contributed by atoms with Crippen LogP contribution in [-0.2, 0) is 16.5 Å². The van der Waals surface area contributed by atoms with E-state index in [4.69, 9.17) is 0 Å². The molecule has 150 valence electrons. The molecule has 0 fully saturated rings. The summed E-state index contributed by atoms with van der Waals surface area (Å²) in [6, 6.07) is 4.03. The molecule has 0 unspecified atom stereocenters. The summed E-state index contributed by atoms with van der Waals surface area (Å²) >= 11 is 0. The third-order valence-electron chi connectivity index (χ3n) is 4.90. The maximum atomic E-state index is 11.9. The summed E-state index contributed by atoms with van der Waals surface area (Å²) in [4.78, 5) is -0.232. The molecule has 0 saturated heterocycles. The van der Waals surface area contributed by atoms with Gasteiger partial charge in [-0.3, -0.25) is 4.55 Å². The number of hydrogen-bond acceptors (Lipinski definition) is 3. The van der Waals surface area contributed by atoms with Crippen molar-refractivity contribution in [2.24, 2.45) is 0 Å². The van der Waals surface area contributed by atoms with Crippen molar-refractivity contribution in [1.82, 2.24) is 0 Å². The molecule has 0 heterocycles. The van der Waals surface area contributed by atoms with Gasteiger partial charge < -0.3 is 5.11 Å². The van der Waals surface area contributed by atoms with Gasteiger partial charge in [-0.2, -0.15) is 8.42 Å². The molecule has 1 rings (SSSR count). The van der Waals surface area contributed by atoms with Crippen molar-refractivity contribution in [3.8, 4) is 5.75 Å². The van der Waals surface area contributed by atoms with E-state index in [1.165, 1.54) is 82.4 Å². The first-order chi connectivity index (χ1) is 12.5. The van der Waals surface area contributed by atoms with E-state index in [0.29, 0.717) is 6.42 Å². The molecule has 0 amide bonds. The van der Waals surface area contributed by atoms with Crippen LogP contribution in [0.1, 0.15) is 96.0 Å². The minimum absolute atomic E-state index is 0. The molecule has 1 aromatic carbocycles. The second-order valence-corrected chi connectivity index (χ2v) is 8.59. The molecule has 0 aliphatic heterocycles. The van der Waals surface area contributed by atoms with Crippen LogP contribution in [0.3, 0.4) is 0 Å². The minimum atomic E-state index is -4.32. The summed E-state index contributed by atoms with van der Waals surface area (Å²) < 4.78 is 31.9. The van der Waals surface area contributed by atoms with Gasteiger partial charge in [0.2, 0.25) is 0 Å². The third-order valence-corrected chi connectivity index (χ3v) is 5.84. The largest absolute Gasteiger partial charge is 1.00 e. The van der Waals surface area contributed by atoms with Gasteiger partial charge in [0, 0.05) is 0 Å². The predicted molar refractivity (Wildman–Crippen MR) is 105 cm³/mol. The standard InChI is InChI=1S/C21H36O4S.Na/c1-2-3-4-5-6-7-8-9-10-11-12-13-14-16-19-20(22)17-15-18-21(19)26(23,24)25;/h15,17-18,22H,2-14,16H2,1H3,(H,23,24,25);/q;+1/p-1. The Morgan fingerprint density at radius 3 is 1.70 bits per heavy atom. The Kier molecular flexibility index (Phi) is 15.8. The molecule has 0 spiro atoms. The zero-order chi connectivity index (χ0) is 19.3. The molecule has 0 atom stereocenters. The van der Waals surface area contributed by atoms with Crippen LogP contribution in [0.25, 0.3) is 0 Å². The summed E-state index contributed by atoms with van der Waals surface area (Å²) in [6.07, 6.45) is 16.5. The van der Waals surface area contributed by atoms with Crippen LogP contribution in [-0.4, -0.2) is 13.0 Å². The summed E-state index contributed by atoms with van der Waals surface area (Å²) in [5.74, 6) is -0.306. The maximum Gasteiger partial charge on any atom is 1.00 e. The van der Waals surface area contributed by atoms with Gasteiger partial charge >= 0.3 is 29.6 Å². The quantitative estimate of drug-likeness (QED) is 0.276. The second kappa shape index (κ2) is 15.8. The zero-order valence-corrected chi connectivity index (χ0v) is 20.0. The second-order valence-electron chi connectivity index (χ2n) is 7.20. The van der Waals surface area contributed by atoms with Crippen LogP contribution in [0.15, 0.2) is 23.1 Å². The Morgan fingerprint density at radius 1 is 0.815 bits per heavy atom. The summed E-state index contributed by atoms with van der Waals surface area (Å²) in [6.45, 7) is 2.24. The van der Waals surface area contributed by atoms with E-state index < -0.39 is 10.1 Å². The Labute approximate surface area is 188 Å². The van der Waals surface area contributed by atoms with Crippen molar-refractivity contribution in [2.75, 3.05) is 0 Å². The van der Waals surface area contributed by atoms with E-state index >= 15 is 0 Å². The normalized spacial score (nSPS) is 11.3. The molecule has 1 aromatic rings.